The maximum atomic E-state index is 13.4. The second-order valence-electron chi connectivity index (χ2n) is 6.94. The Hall–Kier alpha value is -2.12. The lowest BCUT2D eigenvalue weighted by molar-refractivity contribution is -0.140. The van der Waals surface area contributed by atoms with Crippen molar-refractivity contribution in [1.82, 2.24) is 10.3 Å². The number of hydrogen-bond acceptors (Lipinski definition) is 3. The molecule has 0 saturated heterocycles. The van der Waals surface area contributed by atoms with Crippen LogP contribution in [0.1, 0.15) is 24.0 Å². The van der Waals surface area contributed by atoms with Gasteiger partial charge < -0.3 is 5.32 Å². The van der Waals surface area contributed by atoms with Crippen LogP contribution < -0.4 is 5.32 Å². The molecule has 0 aliphatic heterocycles. The second kappa shape index (κ2) is 7.72. The van der Waals surface area contributed by atoms with E-state index in [1.54, 1.807) is 6.20 Å². The molecule has 0 unspecified atom stereocenters. The number of fused-ring (bicyclic) bond motifs is 1. The van der Waals surface area contributed by atoms with Gasteiger partial charge in [-0.15, -0.1) is 11.8 Å². The molecular formula is C21H18F4N2S. The van der Waals surface area contributed by atoms with E-state index in [9.17, 15) is 17.6 Å². The molecule has 1 saturated carbocycles. The minimum absolute atomic E-state index is 0.237. The average Bonchev–Trinajstić information content (AvgIpc) is 2.64. The van der Waals surface area contributed by atoms with Crippen molar-refractivity contribution in [3.8, 4) is 0 Å². The Balaban J connectivity index is 1.32. The zero-order valence-electron chi connectivity index (χ0n) is 14.8. The first-order valence-electron chi connectivity index (χ1n) is 8.98. The summed E-state index contributed by atoms with van der Waals surface area (Å²) >= 11 is 1.38. The number of aromatic nitrogens is 1. The Morgan fingerprint density at radius 3 is 2.71 bits per heavy atom. The molecule has 1 aliphatic rings. The highest BCUT2D eigenvalue weighted by Gasteiger charge is 2.35. The zero-order valence-corrected chi connectivity index (χ0v) is 15.7. The van der Waals surface area contributed by atoms with Gasteiger partial charge >= 0.3 is 6.18 Å². The molecule has 146 valence electrons. The van der Waals surface area contributed by atoms with E-state index in [1.807, 2.05) is 24.4 Å². The Labute approximate surface area is 164 Å². The van der Waals surface area contributed by atoms with Gasteiger partial charge in [0.1, 0.15) is 5.82 Å². The third kappa shape index (κ3) is 4.15. The summed E-state index contributed by atoms with van der Waals surface area (Å²) in [6, 6.07) is 11.7. The number of alkyl halides is 3. The van der Waals surface area contributed by atoms with Crippen LogP contribution >= 0.6 is 11.8 Å². The molecule has 1 aromatic heterocycles. The summed E-state index contributed by atoms with van der Waals surface area (Å²) in [6.45, 7) is 0.734. The fourth-order valence-corrected chi connectivity index (χ4v) is 4.79. The van der Waals surface area contributed by atoms with E-state index >= 15 is 0 Å². The second-order valence-corrected chi connectivity index (χ2v) is 8.32. The van der Waals surface area contributed by atoms with Crippen LogP contribution in [0.15, 0.2) is 59.8 Å². The smallest absolute Gasteiger partial charge is 0.310 e. The van der Waals surface area contributed by atoms with E-state index in [-0.39, 0.29) is 5.25 Å². The molecule has 28 heavy (non-hydrogen) atoms. The van der Waals surface area contributed by atoms with Crippen molar-refractivity contribution in [3.63, 3.8) is 0 Å². The lowest BCUT2D eigenvalue weighted by Crippen LogP contribution is -2.42. The Morgan fingerprint density at radius 1 is 1.11 bits per heavy atom. The van der Waals surface area contributed by atoms with Crippen LogP contribution in [0.5, 0.6) is 0 Å². The summed E-state index contributed by atoms with van der Waals surface area (Å²) in [5, 5.41) is 6.02. The highest BCUT2D eigenvalue weighted by Crippen LogP contribution is 2.40. The van der Waals surface area contributed by atoms with Gasteiger partial charge in [0.05, 0.1) is 5.56 Å². The Morgan fingerprint density at radius 2 is 1.93 bits per heavy atom. The molecule has 1 N–H and O–H groups in total. The highest BCUT2D eigenvalue weighted by atomic mass is 32.2. The van der Waals surface area contributed by atoms with E-state index in [1.165, 1.54) is 28.8 Å². The number of thioether (sulfide) groups is 1. The molecule has 7 heteroatoms. The molecule has 0 radical (unpaired) electrons. The molecule has 4 rings (SSSR count). The largest absolute Gasteiger partial charge is 0.419 e. The van der Waals surface area contributed by atoms with Crippen molar-refractivity contribution in [2.24, 2.45) is 0 Å². The van der Waals surface area contributed by atoms with E-state index in [2.05, 4.69) is 16.4 Å². The summed E-state index contributed by atoms with van der Waals surface area (Å²) in [5.74, 6) is -1.23. The molecular weight excluding hydrogens is 388 g/mol. The Bertz CT molecular complexity index is 978. The normalized spacial score (nSPS) is 19.6. The van der Waals surface area contributed by atoms with E-state index in [0.29, 0.717) is 10.9 Å². The number of nitrogens with zero attached hydrogens (tertiary/aromatic N) is 1. The first kappa shape index (κ1) is 19.2. The Kier molecular flexibility index (Phi) is 5.29. The summed E-state index contributed by atoms with van der Waals surface area (Å²) in [7, 11) is 0. The fraction of sp³-hybridized carbons (Fsp3) is 0.286. The van der Waals surface area contributed by atoms with Crippen LogP contribution in [0.2, 0.25) is 0 Å². The van der Waals surface area contributed by atoms with Crippen molar-refractivity contribution in [2.45, 2.75) is 41.7 Å². The van der Waals surface area contributed by atoms with Crippen molar-refractivity contribution < 1.29 is 17.6 Å². The maximum absolute atomic E-state index is 13.4. The predicted octanol–water partition coefficient (Wildman–Crippen LogP) is 5.81. The first-order chi connectivity index (χ1) is 13.4. The topological polar surface area (TPSA) is 24.9 Å². The average molecular weight is 406 g/mol. The molecule has 2 nitrogen and oxygen atoms in total. The molecule has 1 heterocycles. The first-order valence-corrected chi connectivity index (χ1v) is 9.86. The molecule has 0 amide bonds. The summed E-state index contributed by atoms with van der Waals surface area (Å²) in [6.07, 6.45) is 0.691. The van der Waals surface area contributed by atoms with Gasteiger partial charge in [0.2, 0.25) is 0 Å². The van der Waals surface area contributed by atoms with Crippen molar-refractivity contribution in [2.75, 3.05) is 0 Å². The highest BCUT2D eigenvalue weighted by molar-refractivity contribution is 8.00. The zero-order chi connectivity index (χ0) is 19.7. The third-order valence-corrected chi connectivity index (χ3v) is 6.24. The van der Waals surface area contributed by atoms with Gasteiger partial charge in [-0.2, -0.15) is 13.2 Å². The van der Waals surface area contributed by atoms with E-state index in [4.69, 9.17) is 0 Å². The number of benzene rings is 2. The van der Waals surface area contributed by atoms with Crippen LogP contribution in [0.25, 0.3) is 10.8 Å². The minimum Gasteiger partial charge on any atom is -0.310 e. The number of pyridine rings is 1. The van der Waals surface area contributed by atoms with Gasteiger partial charge in [0.15, 0.2) is 0 Å². The molecule has 0 bridgehead atoms. The van der Waals surface area contributed by atoms with Crippen LogP contribution in [0.3, 0.4) is 0 Å². The molecule has 0 spiro atoms. The van der Waals surface area contributed by atoms with Crippen LogP contribution in [0, 0.1) is 5.82 Å². The third-order valence-electron chi connectivity index (χ3n) is 4.99. The predicted molar refractivity (Wildman–Crippen MR) is 103 cm³/mol. The SMILES string of the molecule is Fc1ccc(SC2CC(NCc3cccc4cnccc34)C2)cc1C(F)(F)F. The fourth-order valence-electron chi connectivity index (χ4n) is 3.41. The summed E-state index contributed by atoms with van der Waals surface area (Å²) in [4.78, 5) is 4.59. The maximum Gasteiger partial charge on any atom is 0.419 e. The monoisotopic (exact) mass is 406 g/mol. The van der Waals surface area contributed by atoms with Gasteiger partial charge in [-0.25, -0.2) is 4.39 Å². The van der Waals surface area contributed by atoms with Crippen molar-refractivity contribution >= 4 is 22.5 Å². The van der Waals surface area contributed by atoms with Crippen LogP contribution in [-0.2, 0) is 12.7 Å². The number of nitrogens with one attached hydrogen (secondary N) is 1. The van der Waals surface area contributed by atoms with E-state index < -0.39 is 17.6 Å². The number of halogens is 4. The molecule has 0 atom stereocenters. The van der Waals surface area contributed by atoms with Gasteiger partial charge in [-0.1, -0.05) is 18.2 Å². The van der Waals surface area contributed by atoms with Crippen molar-refractivity contribution in [1.29, 1.82) is 0 Å². The minimum atomic E-state index is -4.67. The van der Waals surface area contributed by atoms with Gasteiger partial charge in [-0.3, -0.25) is 4.98 Å². The van der Waals surface area contributed by atoms with E-state index in [0.717, 1.165) is 36.9 Å². The van der Waals surface area contributed by atoms with Crippen LogP contribution in [0.4, 0.5) is 17.6 Å². The number of rotatable bonds is 5. The van der Waals surface area contributed by atoms with Gasteiger partial charge in [-0.05, 0) is 48.1 Å². The van der Waals surface area contributed by atoms with Crippen molar-refractivity contribution in [3.05, 3.63) is 71.8 Å². The quantitative estimate of drug-likeness (QED) is 0.542. The van der Waals surface area contributed by atoms with Crippen LogP contribution in [-0.4, -0.2) is 16.3 Å². The summed E-state index contributed by atoms with van der Waals surface area (Å²) in [5.41, 5.74) is 0.00120. The molecule has 1 aliphatic carbocycles. The number of hydrogen-bond donors (Lipinski definition) is 1. The van der Waals surface area contributed by atoms with Gasteiger partial charge in [0, 0.05) is 40.5 Å². The molecule has 2 aromatic carbocycles. The molecule has 3 aromatic rings. The lowest BCUT2D eigenvalue weighted by atomic mass is 9.92. The van der Waals surface area contributed by atoms with Gasteiger partial charge in [0.25, 0.3) is 0 Å². The lowest BCUT2D eigenvalue weighted by Gasteiger charge is -2.35. The summed E-state index contributed by atoms with van der Waals surface area (Å²) < 4.78 is 51.9. The molecule has 1 fully saturated rings. The standard InChI is InChI=1S/C21H18F4N2S/c22-20-5-4-16(10-19(20)21(23,24)25)28-17-8-15(9-17)27-12-14-3-1-2-13-11-26-7-6-18(13)14/h1-7,10-11,15,17,27H,8-9,12H2.